The molecule has 0 aliphatic heterocycles. The summed E-state index contributed by atoms with van der Waals surface area (Å²) in [6, 6.07) is 6.61. The summed E-state index contributed by atoms with van der Waals surface area (Å²) in [6.07, 6.45) is 0. The summed E-state index contributed by atoms with van der Waals surface area (Å²) in [5.74, 6) is 0.132. The molecule has 1 aromatic carbocycles. The number of halogens is 1. The largest absolute Gasteiger partial charge is 0.507 e. The van der Waals surface area contributed by atoms with Crippen LogP contribution in [0.5, 0.6) is 5.75 Å². The van der Waals surface area contributed by atoms with Crippen molar-refractivity contribution in [2.24, 2.45) is 5.92 Å². The zero-order valence-corrected chi connectivity index (χ0v) is 14.6. The number of nitrogens with one attached hydrogen (secondary N) is 1. The number of aliphatic hydroxyl groups is 1. The van der Waals surface area contributed by atoms with Gasteiger partial charge in [0.05, 0.1) is 18.0 Å². The number of phenolic OH excluding ortho intramolecular Hbond substituents is 1. The number of pyridine rings is 1. The molecule has 24 heavy (non-hydrogen) atoms. The van der Waals surface area contributed by atoms with Gasteiger partial charge in [-0.05, 0) is 55.2 Å². The van der Waals surface area contributed by atoms with Crippen molar-refractivity contribution < 1.29 is 14.6 Å². The number of aryl methyl sites for hydroxylation is 2. The van der Waals surface area contributed by atoms with Crippen molar-refractivity contribution >= 4 is 0 Å². The minimum absolute atomic E-state index is 0.00463. The van der Waals surface area contributed by atoms with Gasteiger partial charge in [0.25, 0.3) is 0 Å². The number of rotatable bonds is 6. The van der Waals surface area contributed by atoms with E-state index in [0.29, 0.717) is 11.4 Å². The van der Waals surface area contributed by atoms with Crippen LogP contribution < -0.4 is 5.32 Å². The van der Waals surface area contributed by atoms with E-state index in [1.807, 2.05) is 39.8 Å². The summed E-state index contributed by atoms with van der Waals surface area (Å²) in [7, 11) is 0. The zero-order valence-electron chi connectivity index (χ0n) is 14.6. The van der Waals surface area contributed by atoms with Crippen molar-refractivity contribution in [2.45, 2.75) is 40.3 Å². The third kappa shape index (κ3) is 4.10. The van der Waals surface area contributed by atoms with Crippen molar-refractivity contribution in [1.82, 2.24) is 10.3 Å². The van der Waals surface area contributed by atoms with E-state index in [1.54, 1.807) is 6.07 Å². The summed E-state index contributed by atoms with van der Waals surface area (Å²) >= 11 is 0. The Hall–Kier alpha value is -1.98. The molecule has 130 valence electrons. The summed E-state index contributed by atoms with van der Waals surface area (Å²) in [5.41, 5.74) is 3.33. The van der Waals surface area contributed by atoms with Crippen LogP contribution in [0.1, 0.15) is 30.7 Å². The molecule has 4 nitrogen and oxygen atoms in total. The Morgan fingerprint density at radius 3 is 2.33 bits per heavy atom. The van der Waals surface area contributed by atoms with Crippen molar-refractivity contribution in [3.8, 4) is 17.0 Å². The van der Waals surface area contributed by atoms with Gasteiger partial charge < -0.3 is 15.5 Å². The molecule has 1 atom stereocenters. The van der Waals surface area contributed by atoms with Crippen LogP contribution in [-0.4, -0.2) is 27.8 Å². The fourth-order valence-corrected chi connectivity index (χ4v) is 2.61. The van der Waals surface area contributed by atoms with Crippen molar-refractivity contribution in [2.75, 3.05) is 6.61 Å². The van der Waals surface area contributed by atoms with Crippen LogP contribution in [0, 0.1) is 25.6 Å². The standard InChI is InChI=1S/C19H25FN2O2/c1-11(2)18(10-23)21-9-17-15(20)5-6-16(22-17)14-7-12(3)19(24)13(4)8-14/h5-8,11,18,21,23-24H,9-10H2,1-4H3/t18-/m0/s1. The number of aromatic hydroxyl groups is 1. The second-order valence-corrected chi connectivity index (χ2v) is 6.50. The SMILES string of the molecule is Cc1cc(-c2ccc(F)c(CN[C@@H](CO)C(C)C)n2)cc(C)c1O. The van der Waals surface area contributed by atoms with Crippen LogP contribution in [0.2, 0.25) is 0 Å². The number of nitrogens with zero attached hydrogens (tertiary/aromatic N) is 1. The van der Waals surface area contributed by atoms with Gasteiger partial charge in [-0.1, -0.05) is 13.8 Å². The number of aromatic nitrogens is 1. The van der Waals surface area contributed by atoms with Crippen LogP contribution in [0.25, 0.3) is 11.3 Å². The maximum Gasteiger partial charge on any atom is 0.146 e. The monoisotopic (exact) mass is 332 g/mol. The molecular weight excluding hydrogens is 307 g/mol. The number of hydrogen-bond acceptors (Lipinski definition) is 4. The first-order valence-electron chi connectivity index (χ1n) is 8.13. The smallest absolute Gasteiger partial charge is 0.146 e. The molecule has 0 radical (unpaired) electrons. The molecule has 0 spiro atoms. The molecule has 1 heterocycles. The quantitative estimate of drug-likeness (QED) is 0.759. The summed E-state index contributed by atoms with van der Waals surface area (Å²) in [6.45, 7) is 7.89. The lowest BCUT2D eigenvalue weighted by Crippen LogP contribution is -2.36. The average molecular weight is 332 g/mol. The van der Waals surface area contributed by atoms with Gasteiger partial charge in [0.15, 0.2) is 0 Å². The molecule has 0 aliphatic rings. The van der Waals surface area contributed by atoms with Crippen LogP contribution in [0.3, 0.4) is 0 Å². The highest BCUT2D eigenvalue weighted by Gasteiger charge is 2.14. The van der Waals surface area contributed by atoms with Crippen molar-refractivity contribution in [3.05, 3.63) is 46.9 Å². The second kappa shape index (κ2) is 7.73. The highest BCUT2D eigenvalue weighted by molar-refractivity contribution is 5.64. The normalized spacial score (nSPS) is 12.6. The molecule has 2 rings (SSSR count). The van der Waals surface area contributed by atoms with Gasteiger partial charge in [-0.25, -0.2) is 9.37 Å². The van der Waals surface area contributed by atoms with E-state index in [2.05, 4.69) is 10.3 Å². The number of phenols is 1. The Kier molecular flexibility index (Phi) is 5.91. The Bertz CT molecular complexity index is 694. The molecule has 0 unspecified atom stereocenters. The predicted octanol–water partition coefficient (Wildman–Crippen LogP) is 3.32. The van der Waals surface area contributed by atoms with E-state index in [0.717, 1.165) is 16.7 Å². The molecule has 0 saturated heterocycles. The molecular formula is C19H25FN2O2. The van der Waals surface area contributed by atoms with Crippen LogP contribution in [0.15, 0.2) is 24.3 Å². The molecule has 0 fully saturated rings. The third-order valence-corrected chi connectivity index (χ3v) is 4.24. The Balaban J connectivity index is 2.28. The van der Waals surface area contributed by atoms with Crippen molar-refractivity contribution in [3.63, 3.8) is 0 Å². The zero-order chi connectivity index (χ0) is 17.9. The molecule has 0 amide bonds. The average Bonchev–Trinajstić information content (AvgIpc) is 2.54. The van der Waals surface area contributed by atoms with Crippen LogP contribution in [-0.2, 0) is 6.54 Å². The number of hydrogen-bond donors (Lipinski definition) is 3. The Labute approximate surface area is 142 Å². The van der Waals surface area contributed by atoms with Gasteiger partial charge in [0.1, 0.15) is 11.6 Å². The van der Waals surface area contributed by atoms with Crippen molar-refractivity contribution in [1.29, 1.82) is 0 Å². The van der Waals surface area contributed by atoms with Gasteiger partial charge in [0.2, 0.25) is 0 Å². The molecule has 0 bridgehead atoms. The highest BCUT2D eigenvalue weighted by Crippen LogP contribution is 2.28. The predicted molar refractivity (Wildman–Crippen MR) is 93.3 cm³/mol. The topological polar surface area (TPSA) is 65.4 Å². The summed E-state index contributed by atoms with van der Waals surface area (Å²) in [4.78, 5) is 4.42. The highest BCUT2D eigenvalue weighted by atomic mass is 19.1. The molecule has 0 saturated carbocycles. The third-order valence-electron chi connectivity index (χ3n) is 4.24. The summed E-state index contributed by atoms with van der Waals surface area (Å²) < 4.78 is 14.1. The van der Waals surface area contributed by atoms with Gasteiger partial charge in [-0.15, -0.1) is 0 Å². The van der Waals surface area contributed by atoms with Crippen LogP contribution in [0.4, 0.5) is 4.39 Å². The Morgan fingerprint density at radius 1 is 1.17 bits per heavy atom. The summed E-state index contributed by atoms with van der Waals surface area (Å²) in [5, 5.41) is 22.4. The van der Waals surface area contributed by atoms with E-state index < -0.39 is 0 Å². The molecule has 0 aliphatic carbocycles. The van der Waals surface area contributed by atoms with E-state index in [9.17, 15) is 14.6 Å². The van der Waals surface area contributed by atoms with E-state index in [4.69, 9.17) is 0 Å². The first kappa shape index (κ1) is 18.4. The minimum atomic E-state index is -0.376. The maximum absolute atomic E-state index is 14.1. The first-order valence-corrected chi connectivity index (χ1v) is 8.13. The maximum atomic E-state index is 14.1. The van der Waals surface area contributed by atoms with Gasteiger partial charge >= 0.3 is 0 Å². The second-order valence-electron chi connectivity index (χ2n) is 6.50. The van der Waals surface area contributed by atoms with Gasteiger partial charge in [-0.2, -0.15) is 0 Å². The fourth-order valence-electron chi connectivity index (χ4n) is 2.61. The lowest BCUT2D eigenvalue weighted by atomic mass is 10.0. The number of aliphatic hydroxyl groups excluding tert-OH is 1. The van der Waals surface area contributed by atoms with Gasteiger partial charge in [-0.3, -0.25) is 0 Å². The molecule has 2 aromatic rings. The minimum Gasteiger partial charge on any atom is -0.507 e. The van der Waals surface area contributed by atoms with E-state index in [1.165, 1.54) is 6.07 Å². The van der Waals surface area contributed by atoms with E-state index in [-0.39, 0.29) is 36.7 Å². The molecule has 3 N–H and O–H groups in total. The van der Waals surface area contributed by atoms with Crippen LogP contribution >= 0.6 is 0 Å². The molecule has 1 aromatic heterocycles. The fraction of sp³-hybridized carbons (Fsp3) is 0.421. The molecule has 5 heteroatoms. The number of benzene rings is 1. The Morgan fingerprint density at radius 2 is 1.79 bits per heavy atom. The van der Waals surface area contributed by atoms with E-state index >= 15 is 0 Å². The van der Waals surface area contributed by atoms with Gasteiger partial charge in [0, 0.05) is 18.2 Å². The first-order chi connectivity index (χ1) is 11.3. The lowest BCUT2D eigenvalue weighted by molar-refractivity contribution is 0.209. The lowest BCUT2D eigenvalue weighted by Gasteiger charge is -2.20.